The number of hydrogen-bond acceptors (Lipinski definition) is 2. The lowest BCUT2D eigenvalue weighted by atomic mass is 10.2. The summed E-state index contributed by atoms with van der Waals surface area (Å²) in [5, 5.41) is 2.20. The fourth-order valence-corrected chi connectivity index (χ4v) is 0.933. The van der Waals surface area contributed by atoms with Crippen molar-refractivity contribution in [3.63, 3.8) is 0 Å². The first-order valence-electron chi connectivity index (χ1n) is 4.39. The van der Waals surface area contributed by atoms with Gasteiger partial charge in [-0.15, -0.1) is 0 Å². The molecule has 14 heavy (non-hydrogen) atoms. The van der Waals surface area contributed by atoms with Crippen LogP contribution in [0.15, 0.2) is 0 Å². The summed E-state index contributed by atoms with van der Waals surface area (Å²) in [6.45, 7) is 2.99. The quantitative estimate of drug-likeness (QED) is 0.735. The zero-order chi connectivity index (χ0) is 11.4. The second-order valence-electron chi connectivity index (χ2n) is 3.24. The minimum Gasteiger partial charge on any atom is -0.352 e. The van der Waals surface area contributed by atoms with Gasteiger partial charge in [0.15, 0.2) is 0 Å². The number of carbonyl (C=O) groups is 1. The summed E-state index contributed by atoms with van der Waals surface area (Å²) in [5.74, 6) is -0.538. The molecule has 0 saturated heterocycles. The highest BCUT2D eigenvalue weighted by Crippen LogP contribution is 2.21. The second kappa shape index (κ2) is 5.19. The van der Waals surface area contributed by atoms with Crippen molar-refractivity contribution < 1.29 is 18.0 Å². The molecule has 6 heteroatoms. The number of amides is 1. The van der Waals surface area contributed by atoms with E-state index < -0.39 is 30.6 Å². The Labute approximate surface area is 80.8 Å². The summed E-state index contributed by atoms with van der Waals surface area (Å²) in [6, 6.07) is -1.66. The molecule has 0 spiro atoms. The third kappa shape index (κ3) is 5.80. The fourth-order valence-electron chi connectivity index (χ4n) is 0.933. The molecule has 0 bridgehead atoms. The summed E-state index contributed by atoms with van der Waals surface area (Å²) in [7, 11) is 0. The number of nitrogens with two attached hydrogens (primary N) is 1. The van der Waals surface area contributed by atoms with Crippen LogP contribution < -0.4 is 11.1 Å². The monoisotopic (exact) mass is 212 g/mol. The highest BCUT2D eigenvalue weighted by Gasteiger charge is 2.30. The van der Waals surface area contributed by atoms with E-state index in [4.69, 9.17) is 5.73 Å². The standard InChI is InChI=1S/C8H15F3N2O/c1-3-6(12)7(14)13-5(2)4-8(9,10)11/h5-6H,3-4,12H2,1-2H3,(H,13,14)/t5?,6-/m1/s1. The Morgan fingerprint density at radius 2 is 2.00 bits per heavy atom. The maximum atomic E-state index is 11.9. The molecule has 0 saturated carbocycles. The predicted octanol–water partition coefficient (Wildman–Crippen LogP) is 1.18. The van der Waals surface area contributed by atoms with Crippen molar-refractivity contribution in [2.45, 2.75) is 44.9 Å². The van der Waals surface area contributed by atoms with E-state index >= 15 is 0 Å². The summed E-state index contributed by atoms with van der Waals surface area (Å²) >= 11 is 0. The first-order valence-corrected chi connectivity index (χ1v) is 4.39. The van der Waals surface area contributed by atoms with Gasteiger partial charge in [-0.05, 0) is 13.3 Å². The average molecular weight is 212 g/mol. The minimum absolute atomic E-state index is 0.407. The normalized spacial score (nSPS) is 16.1. The predicted molar refractivity (Wildman–Crippen MR) is 46.5 cm³/mol. The summed E-state index contributed by atoms with van der Waals surface area (Å²) < 4.78 is 35.6. The lowest BCUT2D eigenvalue weighted by molar-refractivity contribution is -0.141. The Bertz CT molecular complexity index is 194. The molecule has 3 N–H and O–H groups in total. The van der Waals surface area contributed by atoms with Crippen LogP contribution in [-0.4, -0.2) is 24.2 Å². The van der Waals surface area contributed by atoms with Gasteiger partial charge in [0.05, 0.1) is 12.5 Å². The minimum atomic E-state index is -4.26. The molecule has 0 rings (SSSR count). The largest absolute Gasteiger partial charge is 0.391 e. The van der Waals surface area contributed by atoms with Gasteiger partial charge in [0.2, 0.25) is 5.91 Å². The van der Waals surface area contributed by atoms with Crippen molar-refractivity contribution in [1.29, 1.82) is 0 Å². The van der Waals surface area contributed by atoms with Gasteiger partial charge in [-0.2, -0.15) is 13.2 Å². The van der Waals surface area contributed by atoms with E-state index in [0.29, 0.717) is 6.42 Å². The van der Waals surface area contributed by atoms with Crippen molar-refractivity contribution in [3.05, 3.63) is 0 Å². The number of hydrogen-bond donors (Lipinski definition) is 2. The van der Waals surface area contributed by atoms with Gasteiger partial charge < -0.3 is 11.1 Å². The zero-order valence-corrected chi connectivity index (χ0v) is 8.19. The molecule has 0 heterocycles. The number of halogens is 3. The molecule has 0 aliphatic heterocycles. The number of carbonyl (C=O) groups excluding carboxylic acids is 1. The van der Waals surface area contributed by atoms with Crippen LogP contribution in [0.3, 0.4) is 0 Å². The van der Waals surface area contributed by atoms with Crippen LogP contribution in [0.5, 0.6) is 0 Å². The Morgan fingerprint density at radius 3 is 2.36 bits per heavy atom. The molecule has 0 aromatic heterocycles. The summed E-state index contributed by atoms with van der Waals surface area (Å²) in [6.07, 6.45) is -4.89. The molecular weight excluding hydrogens is 197 g/mol. The molecule has 84 valence electrons. The van der Waals surface area contributed by atoms with Crippen LogP contribution >= 0.6 is 0 Å². The molecule has 0 fully saturated rings. The average Bonchev–Trinajstić information content (AvgIpc) is 1.99. The van der Waals surface area contributed by atoms with E-state index in [1.54, 1.807) is 6.92 Å². The van der Waals surface area contributed by atoms with E-state index in [1.807, 2.05) is 0 Å². The Kier molecular flexibility index (Phi) is 4.90. The SMILES string of the molecule is CC[C@@H](N)C(=O)NC(C)CC(F)(F)F. The van der Waals surface area contributed by atoms with Crippen LogP contribution in [-0.2, 0) is 4.79 Å². The fraction of sp³-hybridized carbons (Fsp3) is 0.875. The molecule has 0 aliphatic carbocycles. The van der Waals surface area contributed by atoms with Gasteiger partial charge >= 0.3 is 6.18 Å². The first-order chi connectivity index (χ1) is 6.26. The lowest BCUT2D eigenvalue weighted by Gasteiger charge is -2.17. The molecule has 1 unspecified atom stereocenters. The van der Waals surface area contributed by atoms with E-state index in [-0.39, 0.29) is 0 Å². The van der Waals surface area contributed by atoms with Crippen molar-refractivity contribution >= 4 is 5.91 Å². The topological polar surface area (TPSA) is 55.1 Å². The van der Waals surface area contributed by atoms with Crippen molar-refractivity contribution in [3.8, 4) is 0 Å². The zero-order valence-electron chi connectivity index (χ0n) is 8.19. The molecule has 0 radical (unpaired) electrons. The molecule has 3 nitrogen and oxygen atoms in total. The summed E-state index contributed by atoms with van der Waals surface area (Å²) in [4.78, 5) is 11.1. The highest BCUT2D eigenvalue weighted by molar-refractivity contribution is 5.81. The van der Waals surface area contributed by atoms with E-state index in [1.165, 1.54) is 6.92 Å². The van der Waals surface area contributed by atoms with Crippen molar-refractivity contribution in [2.75, 3.05) is 0 Å². The van der Waals surface area contributed by atoms with Gasteiger partial charge in [0.1, 0.15) is 0 Å². The van der Waals surface area contributed by atoms with Crippen LogP contribution in [0.1, 0.15) is 26.7 Å². The van der Waals surface area contributed by atoms with Gasteiger partial charge in [-0.3, -0.25) is 4.79 Å². The maximum absolute atomic E-state index is 11.9. The van der Waals surface area contributed by atoms with Crippen LogP contribution in [0, 0.1) is 0 Å². The number of rotatable bonds is 4. The van der Waals surface area contributed by atoms with Crippen molar-refractivity contribution in [1.82, 2.24) is 5.32 Å². The number of nitrogens with one attached hydrogen (secondary N) is 1. The Morgan fingerprint density at radius 1 is 1.50 bits per heavy atom. The van der Waals surface area contributed by atoms with Crippen molar-refractivity contribution in [2.24, 2.45) is 5.73 Å². The molecular formula is C8H15F3N2O. The first kappa shape index (κ1) is 13.2. The molecule has 0 aromatic carbocycles. The Hall–Kier alpha value is -0.780. The lowest BCUT2D eigenvalue weighted by Crippen LogP contribution is -2.45. The molecule has 0 aliphatic rings. The molecule has 1 amide bonds. The van der Waals surface area contributed by atoms with Crippen LogP contribution in [0.25, 0.3) is 0 Å². The van der Waals surface area contributed by atoms with Crippen LogP contribution in [0.4, 0.5) is 13.2 Å². The van der Waals surface area contributed by atoms with Crippen LogP contribution in [0.2, 0.25) is 0 Å². The van der Waals surface area contributed by atoms with E-state index in [2.05, 4.69) is 5.32 Å². The molecule has 0 aromatic rings. The second-order valence-corrected chi connectivity index (χ2v) is 3.24. The van der Waals surface area contributed by atoms with Gasteiger partial charge in [0, 0.05) is 6.04 Å². The third-order valence-electron chi connectivity index (χ3n) is 1.70. The molecule has 2 atom stereocenters. The van der Waals surface area contributed by atoms with E-state index in [0.717, 1.165) is 0 Å². The highest BCUT2D eigenvalue weighted by atomic mass is 19.4. The summed E-state index contributed by atoms with van der Waals surface area (Å²) in [5.41, 5.74) is 5.34. The Balaban J connectivity index is 3.95. The van der Waals surface area contributed by atoms with Gasteiger partial charge in [-0.1, -0.05) is 6.92 Å². The smallest absolute Gasteiger partial charge is 0.352 e. The van der Waals surface area contributed by atoms with Gasteiger partial charge in [-0.25, -0.2) is 0 Å². The third-order valence-corrected chi connectivity index (χ3v) is 1.70. The number of alkyl halides is 3. The maximum Gasteiger partial charge on any atom is 0.391 e. The van der Waals surface area contributed by atoms with Gasteiger partial charge in [0.25, 0.3) is 0 Å². The van der Waals surface area contributed by atoms with E-state index in [9.17, 15) is 18.0 Å².